The third-order valence-corrected chi connectivity index (χ3v) is 5.84. The number of aromatic nitrogens is 2. The fourth-order valence-electron chi connectivity index (χ4n) is 4.02. The highest BCUT2D eigenvalue weighted by atomic mass is 19.3. The van der Waals surface area contributed by atoms with Gasteiger partial charge in [0.15, 0.2) is 5.82 Å². The number of ether oxygens (including phenoxy) is 1. The normalized spacial score (nSPS) is 21.3. The van der Waals surface area contributed by atoms with E-state index in [2.05, 4.69) is 15.5 Å². The molecule has 4 rings (SSSR count). The number of halogens is 2. The third-order valence-electron chi connectivity index (χ3n) is 5.84. The van der Waals surface area contributed by atoms with E-state index in [1.807, 2.05) is 0 Å². The average Bonchev–Trinajstić information content (AvgIpc) is 3.39. The summed E-state index contributed by atoms with van der Waals surface area (Å²) in [6.45, 7) is 0.293. The Morgan fingerprint density at radius 1 is 1.35 bits per heavy atom. The maximum Gasteiger partial charge on any atom is 0.248 e. The molecule has 2 aromatic rings. The van der Waals surface area contributed by atoms with Gasteiger partial charge in [0.25, 0.3) is 0 Å². The SMILES string of the molecule is COc1cccc(N2C[C@@H](C(=O)NCc3nc(C4CCC(F)(F)CC4)no3)CC2=O)c1. The molecule has 31 heavy (non-hydrogen) atoms. The van der Waals surface area contributed by atoms with Crippen molar-refractivity contribution in [3.63, 3.8) is 0 Å². The second-order valence-corrected chi connectivity index (χ2v) is 8.00. The van der Waals surface area contributed by atoms with Gasteiger partial charge in [-0.2, -0.15) is 4.98 Å². The molecule has 1 atom stereocenters. The van der Waals surface area contributed by atoms with Gasteiger partial charge < -0.3 is 19.5 Å². The van der Waals surface area contributed by atoms with Gasteiger partial charge in [-0.1, -0.05) is 11.2 Å². The predicted octanol–water partition coefficient (Wildman–Crippen LogP) is 3.04. The number of hydrogen-bond acceptors (Lipinski definition) is 6. The Hall–Kier alpha value is -3.04. The van der Waals surface area contributed by atoms with Crippen LogP contribution in [0.15, 0.2) is 28.8 Å². The number of hydrogen-bond donors (Lipinski definition) is 1. The number of nitrogens with one attached hydrogen (secondary N) is 1. The van der Waals surface area contributed by atoms with Crippen LogP contribution in [-0.2, 0) is 16.1 Å². The lowest BCUT2D eigenvalue weighted by Gasteiger charge is -2.26. The molecule has 1 aliphatic carbocycles. The number of anilines is 1. The van der Waals surface area contributed by atoms with Crippen molar-refractivity contribution < 1.29 is 27.6 Å². The first-order valence-corrected chi connectivity index (χ1v) is 10.3. The van der Waals surface area contributed by atoms with Crippen LogP contribution in [0.1, 0.15) is 49.7 Å². The topological polar surface area (TPSA) is 97.6 Å². The van der Waals surface area contributed by atoms with Crippen LogP contribution >= 0.6 is 0 Å². The van der Waals surface area contributed by atoms with Crippen molar-refractivity contribution in [2.45, 2.75) is 50.5 Å². The molecule has 2 heterocycles. The minimum absolute atomic E-state index is 0.0264. The fraction of sp³-hybridized carbons (Fsp3) is 0.524. The van der Waals surface area contributed by atoms with Crippen LogP contribution in [0, 0.1) is 5.92 Å². The maximum absolute atomic E-state index is 13.3. The van der Waals surface area contributed by atoms with Crippen LogP contribution in [0.5, 0.6) is 5.75 Å². The molecule has 2 amide bonds. The Morgan fingerprint density at radius 3 is 2.87 bits per heavy atom. The second kappa shape index (κ2) is 8.60. The Bertz CT molecular complexity index is 954. The average molecular weight is 434 g/mol. The Morgan fingerprint density at radius 2 is 2.13 bits per heavy atom. The largest absolute Gasteiger partial charge is 0.497 e. The molecule has 0 spiro atoms. The van der Waals surface area contributed by atoms with Crippen LogP contribution in [0.2, 0.25) is 0 Å². The standard InChI is InChI=1S/C21H24F2N4O4/c1-30-16-4-2-3-15(10-16)27-12-14(9-18(27)28)20(29)24-11-17-25-19(26-31-17)13-5-7-21(22,23)8-6-13/h2-4,10,13-14H,5-9,11-12H2,1H3,(H,24,29)/t14-/m0/s1. The number of methoxy groups -OCH3 is 1. The molecule has 8 nitrogen and oxygen atoms in total. The minimum atomic E-state index is -2.62. The highest BCUT2D eigenvalue weighted by molar-refractivity contribution is 6.00. The second-order valence-electron chi connectivity index (χ2n) is 8.00. The molecular weight excluding hydrogens is 410 g/mol. The van der Waals surface area contributed by atoms with Crippen molar-refractivity contribution in [1.82, 2.24) is 15.5 Å². The summed E-state index contributed by atoms with van der Waals surface area (Å²) in [6, 6.07) is 7.11. The van der Waals surface area contributed by atoms with Gasteiger partial charge in [-0.3, -0.25) is 9.59 Å². The number of carbonyl (C=O) groups is 2. The van der Waals surface area contributed by atoms with Crippen molar-refractivity contribution >= 4 is 17.5 Å². The molecule has 0 radical (unpaired) electrons. The van der Waals surface area contributed by atoms with Gasteiger partial charge in [0.2, 0.25) is 23.6 Å². The van der Waals surface area contributed by atoms with Crippen LogP contribution in [0.4, 0.5) is 14.5 Å². The third kappa shape index (κ3) is 4.83. The van der Waals surface area contributed by atoms with Crippen LogP contribution in [-0.4, -0.2) is 41.5 Å². The highest BCUT2D eigenvalue weighted by Gasteiger charge is 2.37. The smallest absolute Gasteiger partial charge is 0.248 e. The van der Waals surface area contributed by atoms with E-state index >= 15 is 0 Å². The van der Waals surface area contributed by atoms with Gasteiger partial charge >= 0.3 is 0 Å². The predicted molar refractivity (Wildman–Crippen MR) is 106 cm³/mol. The first kappa shape index (κ1) is 21.2. The van der Waals surface area contributed by atoms with E-state index in [0.29, 0.717) is 30.1 Å². The van der Waals surface area contributed by atoms with Crippen molar-refractivity contribution in [3.8, 4) is 5.75 Å². The molecule has 0 unspecified atom stereocenters. The molecular formula is C21H24F2N4O4. The first-order chi connectivity index (χ1) is 14.8. The van der Waals surface area contributed by atoms with Gasteiger partial charge in [0.1, 0.15) is 5.75 Å². The fourth-order valence-corrected chi connectivity index (χ4v) is 4.02. The van der Waals surface area contributed by atoms with E-state index < -0.39 is 11.8 Å². The van der Waals surface area contributed by atoms with E-state index in [4.69, 9.17) is 9.26 Å². The molecule has 166 valence electrons. The monoisotopic (exact) mass is 434 g/mol. The molecule has 1 aromatic carbocycles. The molecule has 2 fully saturated rings. The number of rotatable bonds is 6. The summed E-state index contributed by atoms with van der Waals surface area (Å²) in [4.78, 5) is 30.8. The lowest BCUT2D eigenvalue weighted by molar-refractivity contribution is -0.126. The van der Waals surface area contributed by atoms with E-state index in [9.17, 15) is 18.4 Å². The van der Waals surface area contributed by atoms with Gasteiger partial charge in [0, 0.05) is 43.5 Å². The van der Waals surface area contributed by atoms with Gasteiger partial charge in [-0.05, 0) is 25.0 Å². The Labute approximate surface area is 177 Å². The maximum atomic E-state index is 13.3. The van der Waals surface area contributed by atoms with E-state index in [1.54, 1.807) is 36.3 Å². The minimum Gasteiger partial charge on any atom is -0.497 e. The van der Waals surface area contributed by atoms with Crippen LogP contribution in [0.25, 0.3) is 0 Å². The zero-order valence-electron chi connectivity index (χ0n) is 17.1. The summed E-state index contributed by atoms with van der Waals surface area (Å²) < 4.78 is 37.0. The van der Waals surface area contributed by atoms with Gasteiger partial charge in [0.05, 0.1) is 19.6 Å². The summed E-state index contributed by atoms with van der Waals surface area (Å²) in [5, 5.41) is 6.61. The van der Waals surface area contributed by atoms with Gasteiger partial charge in [-0.25, -0.2) is 8.78 Å². The number of nitrogens with zero attached hydrogens (tertiary/aromatic N) is 3. The Kier molecular flexibility index (Phi) is 5.88. The van der Waals surface area contributed by atoms with E-state index in [0.717, 1.165) is 0 Å². The number of alkyl halides is 2. The van der Waals surface area contributed by atoms with Gasteiger partial charge in [-0.15, -0.1) is 0 Å². The lowest BCUT2D eigenvalue weighted by atomic mass is 9.86. The molecule has 2 aliphatic rings. The summed E-state index contributed by atoms with van der Waals surface area (Å²) in [6.07, 6.45) is 0.356. The molecule has 10 heteroatoms. The first-order valence-electron chi connectivity index (χ1n) is 10.3. The number of benzene rings is 1. The molecule has 1 saturated heterocycles. The highest BCUT2D eigenvalue weighted by Crippen LogP contribution is 2.39. The number of amides is 2. The summed E-state index contributed by atoms with van der Waals surface area (Å²) >= 11 is 0. The van der Waals surface area contributed by atoms with E-state index in [1.165, 1.54) is 0 Å². The zero-order chi connectivity index (χ0) is 22.0. The van der Waals surface area contributed by atoms with Crippen molar-refractivity contribution in [2.75, 3.05) is 18.6 Å². The quantitative estimate of drug-likeness (QED) is 0.751. The lowest BCUT2D eigenvalue weighted by Crippen LogP contribution is -2.32. The summed E-state index contributed by atoms with van der Waals surface area (Å²) in [5.74, 6) is -2.44. The van der Waals surface area contributed by atoms with Crippen molar-refractivity contribution in [3.05, 3.63) is 36.0 Å². The molecule has 1 aromatic heterocycles. The van der Waals surface area contributed by atoms with Crippen molar-refractivity contribution in [2.24, 2.45) is 5.92 Å². The molecule has 1 aliphatic heterocycles. The Balaban J connectivity index is 1.30. The van der Waals surface area contributed by atoms with Crippen LogP contribution < -0.4 is 15.0 Å². The molecule has 1 saturated carbocycles. The molecule has 1 N–H and O–H groups in total. The summed E-state index contributed by atoms with van der Waals surface area (Å²) in [7, 11) is 1.55. The number of carbonyl (C=O) groups excluding carboxylic acids is 2. The van der Waals surface area contributed by atoms with Crippen LogP contribution in [0.3, 0.4) is 0 Å². The zero-order valence-corrected chi connectivity index (χ0v) is 17.1. The summed E-state index contributed by atoms with van der Waals surface area (Å²) in [5.41, 5.74) is 0.680. The molecule has 0 bridgehead atoms. The van der Waals surface area contributed by atoms with E-state index in [-0.39, 0.29) is 56.0 Å². The van der Waals surface area contributed by atoms with Crippen molar-refractivity contribution in [1.29, 1.82) is 0 Å².